The number of amides is 1. The number of nitrogens with zero attached hydrogens (tertiary/aromatic N) is 2. The standard InChI is InChI=1S/C11H12N4O4S2/c1-7(16)12-8-3-5-9(6-4-8)21(17,18)15-10-13-14-11(19-2)20-10/h3-6H,1-2H3,(H,12,16)(H,13,15). The van der Waals surface area contributed by atoms with Crippen LogP contribution >= 0.6 is 11.3 Å². The summed E-state index contributed by atoms with van der Waals surface area (Å²) in [5.74, 6) is -0.232. The van der Waals surface area contributed by atoms with Gasteiger partial charge >= 0.3 is 0 Å². The highest BCUT2D eigenvalue weighted by molar-refractivity contribution is 7.93. The highest BCUT2D eigenvalue weighted by atomic mass is 32.2. The molecule has 0 aliphatic carbocycles. The molecule has 1 aromatic heterocycles. The van der Waals surface area contributed by atoms with Crippen LogP contribution in [0.1, 0.15) is 6.92 Å². The van der Waals surface area contributed by atoms with E-state index in [0.717, 1.165) is 11.3 Å². The molecule has 1 amide bonds. The Hall–Kier alpha value is -2.20. The molecule has 0 fully saturated rings. The second-order valence-corrected chi connectivity index (χ2v) is 6.51. The number of carbonyl (C=O) groups excluding carboxylic acids is 1. The van der Waals surface area contributed by atoms with Crippen LogP contribution < -0.4 is 14.8 Å². The van der Waals surface area contributed by atoms with Gasteiger partial charge < -0.3 is 10.1 Å². The molecule has 0 aliphatic heterocycles. The molecule has 10 heteroatoms. The highest BCUT2D eigenvalue weighted by Crippen LogP contribution is 2.24. The Bertz CT molecular complexity index is 740. The summed E-state index contributed by atoms with van der Waals surface area (Å²) in [6.45, 7) is 1.37. The molecule has 1 aromatic carbocycles. The second-order valence-electron chi connectivity index (χ2n) is 3.89. The third-order valence-electron chi connectivity index (χ3n) is 2.29. The first-order valence-electron chi connectivity index (χ1n) is 5.68. The van der Waals surface area contributed by atoms with E-state index in [1.54, 1.807) is 0 Å². The van der Waals surface area contributed by atoms with Crippen LogP contribution in [-0.2, 0) is 14.8 Å². The van der Waals surface area contributed by atoms with E-state index in [2.05, 4.69) is 20.2 Å². The number of sulfonamides is 1. The maximum absolute atomic E-state index is 12.1. The fourth-order valence-corrected chi connectivity index (χ4v) is 3.22. The zero-order valence-corrected chi connectivity index (χ0v) is 12.8. The van der Waals surface area contributed by atoms with E-state index in [9.17, 15) is 13.2 Å². The Balaban J connectivity index is 2.17. The Labute approximate surface area is 125 Å². The smallest absolute Gasteiger partial charge is 0.295 e. The van der Waals surface area contributed by atoms with Crippen LogP contribution in [0.5, 0.6) is 5.19 Å². The topological polar surface area (TPSA) is 110 Å². The van der Waals surface area contributed by atoms with Gasteiger partial charge in [0, 0.05) is 12.6 Å². The molecular formula is C11H12N4O4S2. The van der Waals surface area contributed by atoms with Gasteiger partial charge in [0.25, 0.3) is 15.2 Å². The summed E-state index contributed by atoms with van der Waals surface area (Å²) >= 11 is 0.974. The third kappa shape index (κ3) is 3.89. The van der Waals surface area contributed by atoms with Gasteiger partial charge in [-0.2, -0.15) is 0 Å². The van der Waals surface area contributed by atoms with E-state index < -0.39 is 10.0 Å². The van der Waals surface area contributed by atoms with Crippen molar-refractivity contribution in [3.05, 3.63) is 24.3 Å². The van der Waals surface area contributed by atoms with Crippen molar-refractivity contribution >= 4 is 38.1 Å². The number of rotatable bonds is 5. The summed E-state index contributed by atoms with van der Waals surface area (Å²) in [5, 5.41) is 10.2. The Morgan fingerprint density at radius 3 is 2.43 bits per heavy atom. The van der Waals surface area contributed by atoms with Gasteiger partial charge in [-0.25, -0.2) is 8.42 Å². The zero-order valence-electron chi connectivity index (χ0n) is 11.2. The van der Waals surface area contributed by atoms with Crippen LogP contribution in [0, 0.1) is 0 Å². The van der Waals surface area contributed by atoms with Gasteiger partial charge in [-0.1, -0.05) is 5.10 Å². The van der Waals surface area contributed by atoms with Gasteiger partial charge in [-0.3, -0.25) is 9.52 Å². The number of benzene rings is 1. The molecule has 0 radical (unpaired) electrons. The van der Waals surface area contributed by atoms with Crippen LogP contribution in [-0.4, -0.2) is 31.6 Å². The van der Waals surface area contributed by atoms with E-state index in [1.165, 1.54) is 38.3 Å². The molecule has 112 valence electrons. The molecular weight excluding hydrogens is 316 g/mol. The number of hydrogen-bond donors (Lipinski definition) is 2. The molecule has 0 saturated heterocycles. The molecule has 2 rings (SSSR count). The largest absolute Gasteiger partial charge is 0.472 e. The lowest BCUT2D eigenvalue weighted by Crippen LogP contribution is -2.13. The number of carbonyl (C=O) groups is 1. The molecule has 0 aliphatic rings. The Kier molecular flexibility index (Phi) is 4.38. The van der Waals surface area contributed by atoms with Crippen molar-refractivity contribution < 1.29 is 17.9 Å². The maximum atomic E-state index is 12.1. The second kappa shape index (κ2) is 6.06. The van der Waals surface area contributed by atoms with Crippen LogP contribution in [0.15, 0.2) is 29.2 Å². The van der Waals surface area contributed by atoms with Gasteiger partial charge in [0.2, 0.25) is 11.0 Å². The molecule has 0 bridgehead atoms. The van der Waals surface area contributed by atoms with Gasteiger partial charge in [0.05, 0.1) is 12.0 Å². The zero-order chi connectivity index (χ0) is 15.5. The minimum absolute atomic E-state index is 0.0470. The predicted molar refractivity (Wildman–Crippen MR) is 78.0 cm³/mol. The first-order valence-corrected chi connectivity index (χ1v) is 7.98. The predicted octanol–water partition coefficient (Wildman–Crippen LogP) is 1.31. The van der Waals surface area contributed by atoms with Crippen molar-refractivity contribution in [2.75, 3.05) is 17.1 Å². The average Bonchev–Trinajstić information content (AvgIpc) is 2.85. The third-order valence-corrected chi connectivity index (χ3v) is 4.57. The molecule has 2 N–H and O–H groups in total. The molecule has 21 heavy (non-hydrogen) atoms. The van der Waals surface area contributed by atoms with Crippen LogP contribution in [0.3, 0.4) is 0 Å². The summed E-state index contributed by atoms with van der Waals surface area (Å²) < 4.78 is 31.4. The van der Waals surface area contributed by atoms with Crippen LogP contribution in [0.2, 0.25) is 0 Å². The van der Waals surface area contributed by atoms with Crippen LogP contribution in [0.25, 0.3) is 0 Å². The molecule has 8 nitrogen and oxygen atoms in total. The summed E-state index contributed by atoms with van der Waals surface area (Å²) in [5.41, 5.74) is 0.513. The highest BCUT2D eigenvalue weighted by Gasteiger charge is 2.17. The van der Waals surface area contributed by atoms with Gasteiger partial charge in [-0.05, 0) is 35.6 Å². The van der Waals surface area contributed by atoms with E-state index >= 15 is 0 Å². The number of anilines is 2. The summed E-state index contributed by atoms with van der Waals surface area (Å²) in [6, 6.07) is 5.76. The Morgan fingerprint density at radius 1 is 1.24 bits per heavy atom. The van der Waals surface area contributed by atoms with Crippen LogP contribution in [0.4, 0.5) is 10.8 Å². The average molecular weight is 328 g/mol. The number of methoxy groups -OCH3 is 1. The monoisotopic (exact) mass is 328 g/mol. The summed E-state index contributed by atoms with van der Waals surface area (Å²) in [7, 11) is -2.35. The van der Waals surface area contributed by atoms with Gasteiger partial charge in [-0.15, -0.1) is 5.10 Å². The normalized spacial score (nSPS) is 11.0. The minimum atomic E-state index is -3.76. The molecule has 0 saturated carbocycles. The van der Waals surface area contributed by atoms with E-state index in [4.69, 9.17) is 4.74 Å². The van der Waals surface area contributed by atoms with Crippen molar-refractivity contribution in [2.45, 2.75) is 11.8 Å². The van der Waals surface area contributed by atoms with E-state index in [1.807, 2.05) is 0 Å². The lowest BCUT2D eigenvalue weighted by Gasteiger charge is -2.06. The molecule has 2 aromatic rings. The number of nitrogens with one attached hydrogen (secondary N) is 2. The molecule has 0 spiro atoms. The lowest BCUT2D eigenvalue weighted by molar-refractivity contribution is -0.114. The first-order chi connectivity index (χ1) is 9.90. The van der Waals surface area contributed by atoms with Crippen molar-refractivity contribution in [3.63, 3.8) is 0 Å². The maximum Gasteiger partial charge on any atom is 0.295 e. The van der Waals surface area contributed by atoms with Crippen molar-refractivity contribution in [3.8, 4) is 5.19 Å². The van der Waals surface area contributed by atoms with E-state index in [0.29, 0.717) is 5.69 Å². The fraction of sp³-hybridized carbons (Fsp3) is 0.182. The van der Waals surface area contributed by atoms with Gasteiger partial charge in [0.1, 0.15) is 0 Å². The van der Waals surface area contributed by atoms with Crippen molar-refractivity contribution in [1.82, 2.24) is 10.2 Å². The summed E-state index contributed by atoms with van der Waals surface area (Å²) in [4.78, 5) is 10.9. The SMILES string of the molecule is COc1nnc(NS(=O)(=O)c2ccc(NC(C)=O)cc2)s1. The fourth-order valence-electron chi connectivity index (χ4n) is 1.43. The van der Waals surface area contributed by atoms with Crippen molar-refractivity contribution in [2.24, 2.45) is 0 Å². The number of aromatic nitrogens is 2. The lowest BCUT2D eigenvalue weighted by atomic mass is 10.3. The number of hydrogen-bond acceptors (Lipinski definition) is 7. The first kappa shape index (κ1) is 15.2. The van der Waals surface area contributed by atoms with Crippen molar-refractivity contribution in [1.29, 1.82) is 0 Å². The Morgan fingerprint density at radius 2 is 1.90 bits per heavy atom. The van der Waals surface area contributed by atoms with Gasteiger partial charge in [0.15, 0.2) is 0 Å². The van der Waals surface area contributed by atoms with E-state index in [-0.39, 0.29) is 21.1 Å². The molecule has 0 unspecified atom stereocenters. The molecule has 1 heterocycles. The minimum Gasteiger partial charge on any atom is -0.472 e. The number of ether oxygens (including phenoxy) is 1. The molecule has 0 atom stereocenters. The summed E-state index contributed by atoms with van der Waals surface area (Å²) in [6.07, 6.45) is 0. The quantitative estimate of drug-likeness (QED) is 0.856.